The van der Waals surface area contributed by atoms with Gasteiger partial charge in [0, 0.05) is 16.9 Å². The Bertz CT molecular complexity index is 396. The SMILES string of the molecule is CC1(C2CC2)CCNCC1c1ccc(Br)cc1. The molecule has 1 N–H and O–H groups in total. The Morgan fingerprint density at radius 3 is 2.59 bits per heavy atom. The van der Waals surface area contributed by atoms with Crippen LogP contribution in [-0.2, 0) is 0 Å². The van der Waals surface area contributed by atoms with Crippen molar-refractivity contribution in [2.24, 2.45) is 11.3 Å². The molecule has 1 nitrogen and oxygen atoms in total. The van der Waals surface area contributed by atoms with E-state index in [0.717, 1.165) is 12.5 Å². The third kappa shape index (κ3) is 2.17. The van der Waals surface area contributed by atoms with E-state index < -0.39 is 0 Å². The van der Waals surface area contributed by atoms with E-state index >= 15 is 0 Å². The van der Waals surface area contributed by atoms with E-state index in [4.69, 9.17) is 0 Å². The van der Waals surface area contributed by atoms with Crippen LogP contribution in [0.1, 0.15) is 37.7 Å². The van der Waals surface area contributed by atoms with Crippen molar-refractivity contribution < 1.29 is 0 Å². The van der Waals surface area contributed by atoms with Crippen molar-refractivity contribution in [3.8, 4) is 0 Å². The zero-order chi connectivity index (χ0) is 11.9. The number of hydrogen-bond acceptors (Lipinski definition) is 1. The van der Waals surface area contributed by atoms with E-state index in [1.54, 1.807) is 0 Å². The summed E-state index contributed by atoms with van der Waals surface area (Å²) in [6.45, 7) is 4.85. The molecule has 2 heteroatoms. The number of halogens is 1. The largest absolute Gasteiger partial charge is 0.316 e. The smallest absolute Gasteiger partial charge is 0.0175 e. The van der Waals surface area contributed by atoms with Crippen molar-refractivity contribution in [3.05, 3.63) is 34.3 Å². The first kappa shape index (κ1) is 11.7. The van der Waals surface area contributed by atoms with Gasteiger partial charge in [-0.2, -0.15) is 0 Å². The van der Waals surface area contributed by atoms with Crippen LogP contribution in [0.2, 0.25) is 0 Å². The van der Waals surface area contributed by atoms with Gasteiger partial charge in [0.2, 0.25) is 0 Å². The van der Waals surface area contributed by atoms with Gasteiger partial charge in [0.15, 0.2) is 0 Å². The molecule has 17 heavy (non-hydrogen) atoms. The highest BCUT2D eigenvalue weighted by molar-refractivity contribution is 9.10. The van der Waals surface area contributed by atoms with Crippen LogP contribution in [0.4, 0.5) is 0 Å². The van der Waals surface area contributed by atoms with Gasteiger partial charge < -0.3 is 5.32 Å². The van der Waals surface area contributed by atoms with Crippen molar-refractivity contribution in [1.29, 1.82) is 0 Å². The first-order valence-corrected chi connectivity index (χ1v) is 7.45. The molecule has 2 fully saturated rings. The highest BCUT2D eigenvalue weighted by Gasteiger charge is 2.47. The maximum Gasteiger partial charge on any atom is 0.0175 e. The van der Waals surface area contributed by atoms with E-state index in [2.05, 4.69) is 52.4 Å². The van der Waals surface area contributed by atoms with Crippen LogP contribution >= 0.6 is 15.9 Å². The average molecular weight is 294 g/mol. The minimum Gasteiger partial charge on any atom is -0.316 e. The van der Waals surface area contributed by atoms with E-state index in [1.807, 2.05) is 0 Å². The minimum absolute atomic E-state index is 0.527. The van der Waals surface area contributed by atoms with Gasteiger partial charge in [0.05, 0.1) is 0 Å². The Hall–Kier alpha value is -0.340. The topological polar surface area (TPSA) is 12.0 Å². The number of benzene rings is 1. The van der Waals surface area contributed by atoms with Crippen LogP contribution in [0, 0.1) is 11.3 Å². The van der Waals surface area contributed by atoms with Crippen LogP contribution in [0.3, 0.4) is 0 Å². The van der Waals surface area contributed by atoms with Crippen molar-refractivity contribution in [3.63, 3.8) is 0 Å². The van der Waals surface area contributed by atoms with Gasteiger partial charge in [0.1, 0.15) is 0 Å². The van der Waals surface area contributed by atoms with Crippen LogP contribution in [0.15, 0.2) is 28.7 Å². The van der Waals surface area contributed by atoms with Gasteiger partial charge in [-0.1, -0.05) is 35.0 Å². The van der Waals surface area contributed by atoms with Crippen LogP contribution in [-0.4, -0.2) is 13.1 Å². The lowest BCUT2D eigenvalue weighted by Gasteiger charge is -2.43. The highest BCUT2D eigenvalue weighted by atomic mass is 79.9. The summed E-state index contributed by atoms with van der Waals surface area (Å²) >= 11 is 3.52. The molecule has 1 saturated heterocycles. The van der Waals surface area contributed by atoms with Gasteiger partial charge >= 0.3 is 0 Å². The van der Waals surface area contributed by atoms with Gasteiger partial charge in [-0.15, -0.1) is 0 Å². The van der Waals surface area contributed by atoms with Gasteiger partial charge in [0.25, 0.3) is 0 Å². The fourth-order valence-electron chi connectivity index (χ4n) is 3.44. The molecule has 3 rings (SSSR count). The summed E-state index contributed by atoms with van der Waals surface area (Å²) in [6, 6.07) is 8.94. The predicted octanol–water partition coefficient (Wildman–Crippen LogP) is 3.94. The Balaban J connectivity index is 1.90. The number of piperidine rings is 1. The third-order valence-corrected chi connectivity index (χ3v) is 5.30. The molecular weight excluding hydrogens is 274 g/mol. The number of nitrogens with one attached hydrogen (secondary N) is 1. The summed E-state index contributed by atoms with van der Waals surface area (Å²) in [6.07, 6.45) is 4.23. The Kier molecular flexibility index (Phi) is 3.04. The molecule has 92 valence electrons. The lowest BCUT2D eigenvalue weighted by molar-refractivity contribution is 0.154. The third-order valence-electron chi connectivity index (χ3n) is 4.77. The maximum absolute atomic E-state index is 3.57. The van der Waals surface area contributed by atoms with Crippen molar-refractivity contribution in [1.82, 2.24) is 5.32 Å². The molecule has 0 radical (unpaired) electrons. The van der Waals surface area contributed by atoms with E-state index in [0.29, 0.717) is 11.3 Å². The fraction of sp³-hybridized carbons (Fsp3) is 0.600. The molecule has 0 bridgehead atoms. The Morgan fingerprint density at radius 1 is 1.24 bits per heavy atom. The second-order valence-electron chi connectivity index (χ2n) is 5.84. The normalized spacial score (nSPS) is 33.6. The number of rotatable bonds is 2. The summed E-state index contributed by atoms with van der Waals surface area (Å²) in [5, 5.41) is 3.57. The molecular formula is C15H20BrN. The fourth-order valence-corrected chi connectivity index (χ4v) is 3.70. The lowest BCUT2D eigenvalue weighted by Crippen LogP contribution is -2.43. The summed E-state index contributed by atoms with van der Waals surface area (Å²) < 4.78 is 1.18. The molecule has 2 atom stereocenters. The summed E-state index contributed by atoms with van der Waals surface area (Å²) in [5.74, 6) is 1.66. The quantitative estimate of drug-likeness (QED) is 0.871. The molecule has 1 aliphatic heterocycles. The second-order valence-corrected chi connectivity index (χ2v) is 6.75. The second kappa shape index (κ2) is 4.40. The molecule has 1 heterocycles. The molecule has 1 aliphatic carbocycles. The zero-order valence-electron chi connectivity index (χ0n) is 10.4. The Labute approximate surface area is 112 Å². The monoisotopic (exact) mass is 293 g/mol. The Morgan fingerprint density at radius 2 is 1.94 bits per heavy atom. The molecule has 2 unspecified atom stereocenters. The summed E-state index contributed by atoms with van der Waals surface area (Å²) in [4.78, 5) is 0. The lowest BCUT2D eigenvalue weighted by atomic mass is 9.66. The zero-order valence-corrected chi connectivity index (χ0v) is 12.0. The van der Waals surface area contributed by atoms with E-state index in [-0.39, 0.29) is 0 Å². The predicted molar refractivity (Wildman–Crippen MR) is 75.2 cm³/mol. The standard InChI is InChI=1S/C15H20BrN/c1-15(12-4-5-12)8-9-17-10-14(15)11-2-6-13(16)7-3-11/h2-3,6-7,12,14,17H,4-5,8-10H2,1H3. The highest BCUT2D eigenvalue weighted by Crippen LogP contribution is 2.55. The molecule has 0 aromatic heterocycles. The molecule has 1 aromatic carbocycles. The minimum atomic E-state index is 0.527. The van der Waals surface area contributed by atoms with Crippen LogP contribution < -0.4 is 5.32 Å². The van der Waals surface area contributed by atoms with E-state index in [9.17, 15) is 0 Å². The summed E-state index contributed by atoms with van der Waals surface area (Å²) in [5.41, 5.74) is 2.04. The first-order valence-electron chi connectivity index (χ1n) is 6.66. The maximum atomic E-state index is 3.57. The molecule has 0 amide bonds. The van der Waals surface area contributed by atoms with Crippen LogP contribution in [0.25, 0.3) is 0 Å². The molecule has 1 saturated carbocycles. The molecule has 1 aromatic rings. The number of hydrogen-bond donors (Lipinski definition) is 1. The van der Waals surface area contributed by atoms with Gasteiger partial charge in [-0.3, -0.25) is 0 Å². The molecule has 2 aliphatic rings. The average Bonchev–Trinajstić information content (AvgIpc) is 3.15. The van der Waals surface area contributed by atoms with Crippen molar-refractivity contribution in [2.45, 2.75) is 32.1 Å². The first-order chi connectivity index (χ1) is 8.20. The van der Waals surface area contributed by atoms with Crippen molar-refractivity contribution in [2.75, 3.05) is 13.1 Å². The van der Waals surface area contributed by atoms with Crippen LogP contribution in [0.5, 0.6) is 0 Å². The van der Waals surface area contributed by atoms with Gasteiger partial charge in [-0.25, -0.2) is 0 Å². The molecule has 0 spiro atoms. The van der Waals surface area contributed by atoms with Gasteiger partial charge in [-0.05, 0) is 54.8 Å². The summed E-state index contributed by atoms with van der Waals surface area (Å²) in [7, 11) is 0. The van der Waals surface area contributed by atoms with E-state index in [1.165, 1.54) is 35.8 Å². The van der Waals surface area contributed by atoms with Crippen molar-refractivity contribution >= 4 is 15.9 Å².